The van der Waals surface area contributed by atoms with Gasteiger partial charge in [0.15, 0.2) is 0 Å². The maximum atomic E-state index is 13.0. The van der Waals surface area contributed by atoms with Crippen LogP contribution in [0.5, 0.6) is 0 Å². The molecule has 0 aliphatic rings. The van der Waals surface area contributed by atoms with Gasteiger partial charge in [-0.2, -0.15) is 0 Å². The molecule has 0 radical (unpaired) electrons. The van der Waals surface area contributed by atoms with E-state index in [1.165, 1.54) is 10.4 Å². The van der Waals surface area contributed by atoms with Crippen molar-refractivity contribution in [3.8, 4) is 0 Å². The Balaban J connectivity index is 1.86. The minimum absolute atomic E-state index is 0.102. The van der Waals surface area contributed by atoms with E-state index in [9.17, 15) is 13.2 Å². The van der Waals surface area contributed by atoms with Gasteiger partial charge in [-0.1, -0.05) is 41.9 Å². The molecular formula is C23H21ClN2O3S. The zero-order chi connectivity index (χ0) is 21.7. The highest BCUT2D eigenvalue weighted by Gasteiger charge is 2.24. The number of nitrogens with zero attached hydrogens (tertiary/aromatic N) is 1. The van der Waals surface area contributed by atoms with Gasteiger partial charge in [0.1, 0.15) is 0 Å². The Morgan fingerprint density at radius 1 is 1.07 bits per heavy atom. The fourth-order valence-corrected chi connectivity index (χ4v) is 4.51. The molecule has 0 unspecified atom stereocenters. The van der Waals surface area contributed by atoms with Gasteiger partial charge in [-0.15, -0.1) is 6.58 Å². The van der Waals surface area contributed by atoms with Crippen molar-refractivity contribution in [1.82, 2.24) is 0 Å². The smallest absolute Gasteiger partial charge is 0.264 e. The van der Waals surface area contributed by atoms with E-state index in [4.69, 9.17) is 11.6 Å². The third-order valence-corrected chi connectivity index (χ3v) is 6.53. The molecule has 30 heavy (non-hydrogen) atoms. The molecule has 3 rings (SSSR count). The second-order valence-corrected chi connectivity index (χ2v) is 8.90. The molecule has 0 saturated heterocycles. The van der Waals surface area contributed by atoms with E-state index in [-0.39, 0.29) is 17.3 Å². The number of hydrogen-bond donors (Lipinski definition) is 1. The SMILES string of the molecule is C=CCN(c1ccc(C(=O)Nc2cc(Cl)ccc2C)cc1)S(=O)(=O)c1ccccc1. The Bertz CT molecular complexity index is 1160. The van der Waals surface area contributed by atoms with E-state index >= 15 is 0 Å². The van der Waals surface area contributed by atoms with Crippen LogP contribution in [0.3, 0.4) is 0 Å². The first kappa shape index (κ1) is 21.6. The molecule has 0 heterocycles. The maximum absolute atomic E-state index is 13.0. The highest BCUT2D eigenvalue weighted by molar-refractivity contribution is 7.92. The summed E-state index contributed by atoms with van der Waals surface area (Å²) in [7, 11) is -3.76. The third-order valence-electron chi connectivity index (χ3n) is 4.49. The number of nitrogens with one attached hydrogen (secondary N) is 1. The first-order valence-electron chi connectivity index (χ1n) is 9.19. The number of halogens is 1. The van der Waals surface area contributed by atoms with Crippen LogP contribution in [-0.4, -0.2) is 20.9 Å². The fraction of sp³-hybridized carbons (Fsp3) is 0.0870. The summed E-state index contributed by atoms with van der Waals surface area (Å²) in [5.74, 6) is -0.312. The summed E-state index contributed by atoms with van der Waals surface area (Å²) < 4.78 is 27.3. The summed E-state index contributed by atoms with van der Waals surface area (Å²) in [5, 5.41) is 3.35. The van der Waals surface area contributed by atoms with Gasteiger partial charge in [0.05, 0.1) is 17.1 Å². The first-order chi connectivity index (χ1) is 14.3. The van der Waals surface area contributed by atoms with Crippen LogP contribution >= 0.6 is 11.6 Å². The molecule has 0 fully saturated rings. The van der Waals surface area contributed by atoms with Crippen molar-refractivity contribution in [2.75, 3.05) is 16.2 Å². The van der Waals surface area contributed by atoms with Crippen molar-refractivity contribution in [3.05, 3.63) is 102 Å². The number of amides is 1. The number of hydrogen-bond acceptors (Lipinski definition) is 3. The first-order valence-corrected chi connectivity index (χ1v) is 11.0. The predicted molar refractivity (Wildman–Crippen MR) is 122 cm³/mol. The number of benzene rings is 3. The molecule has 0 saturated carbocycles. The normalized spacial score (nSPS) is 11.0. The predicted octanol–water partition coefficient (Wildman–Crippen LogP) is 5.28. The van der Waals surface area contributed by atoms with Crippen LogP contribution in [0.25, 0.3) is 0 Å². The quantitative estimate of drug-likeness (QED) is 0.508. The summed E-state index contributed by atoms with van der Waals surface area (Å²) in [5.41, 5.74) is 2.34. The minimum atomic E-state index is -3.76. The third kappa shape index (κ3) is 4.72. The monoisotopic (exact) mass is 440 g/mol. The van der Waals surface area contributed by atoms with Gasteiger partial charge < -0.3 is 5.32 Å². The molecule has 0 aliphatic carbocycles. The van der Waals surface area contributed by atoms with Crippen molar-refractivity contribution >= 4 is 38.9 Å². The van der Waals surface area contributed by atoms with Gasteiger partial charge in [0, 0.05) is 16.3 Å². The van der Waals surface area contributed by atoms with Crippen molar-refractivity contribution in [3.63, 3.8) is 0 Å². The number of anilines is 2. The molecule has 0 aliphatic heterocycles. The van der Waals surface area contributed by atoms with Crippen LogP contribution < -0.4 is 9.62 Å². The lowest BCUT2D eigenvalue weighted by Gasteiger charge is -2.23. The van der Waals surface area contributed by atoms with Gasteiger partial charge in [-0.05, 0) is 61.0 Å². The van der Waals surface area contributed by atoms with Crippen molar-refractivity contribution in [2.24, 2.45) is 0 Å². The van der Waals surface area contributed by atoms with Crippen LogP contribution in [0.15, 0.2) is 90.3 Å². The van der Waals surface area contributed by atoms with Crippen molar-refractivity contribution in [2.45, 2.75) is 11.8 Å². The molecule has 1 N–H and O–H groups in total. The van der Waals surface area contributed by atoms with Crippen molar-refractivity contribution in [1.29, 1.82) is 0 Å². The Labute approximate surface area is 181 Å². The number of carbonyl (C=O) groups is 1. The van der Waals surface area contributed by atoms with Crippen LogP contribution in [0.1, 0.15) is 15.9 Å². The summed E-state index contributed by atoms with van der Waals surface area (Å²) in [6, 6.07) is 19.8. The number of carbonyl (C=O) groups excluding carboxylic acids is 1. The van der Waals surface area contributed by atoms with Crippen molar-refractivity contribution < 1.29 is 13.2 Å². The summed E-state index contributed by atoms with van der Waals surface area (Å²) in [4.78, 5) is 12.8. The average Bonchev–Trinajstić information content (AvgIpc) is 2.75. The lowest BCUT2D eigenvalue weighted by atomic mass is 10.1. The molecule has 154 valence electrons. The minimum Gasteiger partial charge on any atom is -0.322 e. The van der Waals surface area contributed by atoms with E-state index < -0.39 is 10.0 Å². The summed E-state index contributed by atoms with van der Waals surface area (Å²) >= 11 is 6.00. The molecule has 1 amide bonds. The van der Waals surface area contributed by atoms with Crippen LogP contribution in [0, 0.1) is 6.92 Å². The van der Waals surface area contributed by atoms with E-state index in [1.807, 2.05) is 13.0 Å². The fourth-order valence-electron chi connectivity index (χ4n) is 2.88. The molecule has 3 aromatic carbocycles. The van der Waals surface area contributed by atoms with Gasteiger partial charge >= 0.3 is 0 Å². The number of aryl methyl sites for hydroxylation is 1. The zero-order valence-electron chi connectivity index (χ0n) is 16.4. The lowest BCUT2D eigenvalue weighted by Crippen LogP contribution is -2.31. The molecule has 5 nitrogen and oxygen atoms in total. The molecular weight excluding hydrogens is 420 g/mol. The van der Waals surface area contributed by atoms with E-state index in [1.54, 1.807) is 66.7 Å². The summed E-state index contributed by atoms with van der Waals surface area (Å²) in [6.07, 6.45) is 1.52. The Morgan fingerprint density at radius 3 is 2.37 bits per heavy atom. The van der Waals surface area contributed by atoms with E-state index in [0.717, 1.165) is 5.56 Å². The molecule has 7 heteroatoms. The van der Waals surface area contributed by atoms with Crippen LogP contribution in [0.4, 0.5) is 11.4 Å². The molecule has 0 spiro atoms. The van der Waals surface area contributed by atoms with E-state index in [0.29, 0.717) is 22.0 Å². The maximum Gasteiger partial charge on any atom is 0.264 e. The summed E-state index contributed by atoms with van der Waals surface area (Å²) in [6.45, 7) is 5.63. The highest BCUT2D eigenvalue weighted by Crippen LogP contribution is 2.25. The lowest BCUT2D eigenvalue weighted by molar-refractivity contribution is 0.102. The molecule has 0 atom stereocenters. The van der Waals surface area contributed by atoms with Gasteiger partial charge in [-0.25, -0.2) is 8.42 Å². The number of sulfonamides is 1. The van der Waals surface area contributed by atoms with Gasteiger partial charge in [0.2, 0.25) is 0 Å². The van der Waals surface area contributed by atoms with Crippen LogP contribution in [0.2, 0.25) is 5.02 Å². The van der Waals surface area contributed by atoms with E-state index in [2.05, 4.69) is 11.9 Å². The highest BCUT2D eigenvalue weighted by atomic mass is 35.5. The zero-order valence-corrected chi connectivity index (χ0v) is 18.0. The Morgan fingerprint density at radius 2 is 1.73 bits per heavy atom. The second kappa shape index (κ2) is 9.15. The van der Waals surface area contributed by atoms with Crippen LogP contribution in [-0.2, 0) is 10.0 Å². The largest absolute Gasteiger partial charge is 0.322 e. The Hall–Kier alpha value is -3.09. The molecule has 3 aromatic rings. The second-order valence-electron chi connectivity index (χ2n) is 6.60. The number of rotatable bonds is 7. The van der Waals surface area contributed by atoms with Gasteiger partial charge in [0.25, 0.3) is 15.9 Å². The standard InChI is InChI=1S/C23H21ClN2O3S/c1-3-15-26(30(28,29)21-7-5-4-6-8-21)20-13-10-18(11-14-20)23(27)25-22-16-19(24)12-9-17(22)2/h3-14,16H,1,15H2,2H3,(H,25,27). The molecule has 0 bridgehead atoms. The molecule has 0 aromatic heterocycles. The average molecular weight is 441 g/mol. The topological polar surface area (TPSA) is 66.5 Å². The Kier molecular flexibility index (Phi) is 6.59. The van der Waals surface area contributed by atoms with Gasteiger partial charge in [-0.3, -0.25) is 9.10 Å².